The van der Waals surface area contributed by atoms with Crippen LogP contribution in [0.3, 0.4) is 0 Å². The van der Waals surface area contributed by atoms with E-state index in [0.29, 0.717) is 43.0 Å². The molecule has 1 aliphatic rings. The number of hydrogen-bond donors (Lipinski definition) is 1. The van der Waals surface area contributed by atoms with Gasteiger partial charge in [0.1, 0.15) is 17.2 Å². The summed E-state index contributed by atoms with van der Waals surface area (Å²) in [6.07, 6.45) is 0.778. The molecule has 158 valence electrons. The lowest BCUT2D eigenvalue weighted by Crippen LogP contribution is -2.50. The van der Waals surface area contributed by atoms with Crippen LogP contribution < -0.4 is 10.6 Å². The van der Waals surface area contributed by atoms with Gasteiger partial charge in [0.15, 0.2) is 0 Å². The van der Waals surface area contributed by atoms with Crippen LogP contribution in [0, 0.1) is 5.82 Å². The zero-order valence-electron chi connectivity index (χ0n) is 17.2. The Hall–Kier alpha value is -3.36. The smallest absolute Gasteiger partial charge is 0.410 e. The van der Waals surface area contributed by atoms with E-state index < -0.39 is 11.4 Å². The zero-order chi connectivity index (χ0) is 21.5. The summed E-state index contributed by atoms with van der Waals surface area (Å²) >= 11 is 0. The van der Waals surface area contributed by atoms with Gasteiger partial charge in [-0.3, -0.25) is 0 Å². The molecule has 8 nitrogen and oxygen atoms in total. The summed E-state index contributed by atoms with van der Waals surface area (Å²) in [5.74, 6) is -0.116. The summed E-state index contributed by atoms with van der Waals surface area (Å²) in [6.45, 7) is 7.94. The number of amides is 1. The number of anilines is 1. The number of carbonyl (C=O) groups is 1. The fraction of sp³-hybridized carbons (Fsp3) is 0.381. The zero-order valence-corrected chi connectivity index (χ0v) is 17.2. The van der Waals surface area contributed by atoms with Gasteiger partial charge in [-0.05, 0) is 51.1 Å². The molecule has 4 rings (SSSR count). The van der Waals surface area contributed by atoms with E-state index >= 15 is 0 Å². The maximum Gasteiger partial charge on any atom is 0.410 e. The second-order valence-corrected chi connectivity index (χ2v) is 8.26. The first-order valence-corrected chi connectivity index (χ1v) is 9.81. The van der Waals surface area contributed by atoms with Crippen molar-refractivity contribution in [3.63, 3.8) is 0 Å². The number of nitrogens with zero attached hydrogens (tertiary/aromatic N) is 4. The van der Waals surface area contributed by atoms with Crippen LogP contribution in [-0.4, -0.2) is 57.3 Å². The van der Waals surface area contributed by atoms with Gasteiger partial charge in [0.25, 0.3) is 0 Å². The van der Waals surface area contributed by atoms with E-state index in [-0.39, 0.29) is 11.8 Å². The minimum absolute atomic E-state index is 0.306. The number of carbonyl (C=O) groups excluding carboxylic acids is 1. The lowest BCUT2D eigenvalue weighted by Gasteiger charge is -2.36. The van der Waals surface area contributed by atoms with Crippen molar-refractivity contribution in [2.24, 2.45) is 0 Å². The average Bonchev–Trinajstić information content (AvgIpc) is 3.02. The predicted octanol–water partition coefficient (Wildman–Crippen LogP) is 2.91. The lowest BCUT2D eigenvalue weighted by molar-refractivity contribution is 0.0240. The normalized spacial score (nSPS) is 14.9. The van der Waals surface area contributed by atoms with Crippen LogP contribution in [0.25, 0.3) is 16.9 Å². The molecule has 2 aromatic heterocycles. The highest BCUT2D eigenvalue weighted by molar-refractivity contribution is 5.81. The fourth-order valence-electron chi connectivity index (χ4n) is 3.49. The van der Waals surface area contributed by atoms with E-state index in [1.54, 1.807) is 4.90 Å². The van der Waals surface area contributed by atoms with Crippen LogP contribution in [0.4, 0.5) is 14.9 Å². The van der Waals surface area contributed by atoms with Gasteiger partial charge in [-0.2, -0.15) is 0 Å². The highest BCUT2D eigenvalue weighted by Gasteiger charge is 2.26. The molecule has 0 aliphatic carbocycles. The molecule has 30 heavy (non-hydrogen) atoms. The predicted molar refractivity (Wildman–Crippen MR) is 112 cm³/mol. The Morgan fingerprint density at radius 2 is 1.87 bits per heavy atom. The van der Waals surface area contributed by atoms with E-state index in [2.05, 4.69) is 14.9 Å². The van der Waals surface area contributed by atoms with E-state index in [0.717, 1.165) is 11.9 Å². The number of H-pyrrole nitrogens is 1. The number of aromatic amines is 1. The quantitative estimate of drug-likeness (QED) is 0.699. The molecule has 0 bridgehead atoms. The minimum atomic E-state index is -0.522. The molecular formula is C21H24FN5O3. The number of halogens is 1. The Bertz CT molecular complexity index is 1120. The number of aromatic nitrogens is 3. The fourth-order valence-corrected chi connectivity index (χ4v) is 3.49. The highest BCUT2D eigenvalue weighted by Crippen LogP contribution is 2.23. The number of benzene rings is 1. The van der Waals surface area contributed by atoms with Gasteiger partial charge in [0, 0.05) is 31.9 Å². The van der Waals surface area contributed by atoms with Gasteiger partial charge in [0.05, 0.1) is 17.2 Å². The Morgan fingerprint density at radius 3 is 2.50 bits per heavy atom. The average molecular weight is 413 g/mol. The molecule has 1 N–H and O–H groups in total. The number of piperazine rings is 1. The summed E-state index contributed by atoms with van der Waals surface area (Å²) < 4.78 is 20.1. The Balaban J connectivity index is 1.56. The second-order valence-electron chi connectivity index (χ2n) is 8.26. The topological polar surface area (TPSA) is 83.5 Å². The lowest BCUT2D eigenvalue weighted by atomic mass is 10.2. The maximum absolute atomic E-state index is 13.2. The molecule has 0 unspecified atom stereocenters. The van der Waals surface area contributed by atoms with Crippen molar-refractivity contribution < 1.29 is 13.9 Å². The molecule has 3 heterocycles. The molecule has 0 saturated carbocycles. The van der Waals surface area contributed by atoms with Crippen LogP contribution in [0.15, 0.2) is 41.3 Å². The van der Waals surface area contributed by atoms with Crippen molar-refractivity contribution in [3.8, 4) is 5.82 Å². The standard InChI is InChI=1S/C21H24FN5O3/c1-21(2,3)30-20(29)26-10-8-25(9-11-26)15-5-6-16-17(12-15)27(19(28)24-16)18-7-4-14(22)13-23-18/h4-7,12-13H,8-11H2,1-3H3,(H,24,28). The number of ether oxygens (including phenoxy) is 1. The summed E-state index contributed by atoms with van der Waals surface area (Å²) in [4.78, 5) is 35.4. The van der Waals surface area contributed by atoms with Crippen LogP contribution in [0.1, 0.15) is 20.8 Å². The number of hydrogen-bond acceptors (Lipinski definition) is 5. The second kappa shape index (κ2) is 7.47. The van der Waals surface area contributed by atoms with Crippen molar-refractivity contribution >= 4 is 22.8 Å². The van der Waals surface area contributed by atoms with Crippen LogP contribution in [0.5, 0.6) is 0 Å². The molecule has 1 fully saturated rings. The number of nitrogens with one attached hydrogen (secondary N) is 1. The molecular weight excluding hydrogens is 389 g/mol. The van der Waals surface area contributed by atoms with E-state index in [9.17, 15) is 14.0 Å². The Morgan fingerprint density at radius 1 is 1.13 bits per heavy atom. The molecule has 0 atom stereocenters. The van der Waals surface area contributed by atoms with Gasteiger partial charge in [-0.1, -0.05) is 0 Å². The number of fused-ring (bicyclic) bond motifs is 1. The van der Waals surface area contributed by atoms with Crippen molar-refractivity contribution in [1.82, 2.24) is 19.4 Å². The molecule has 1 aromatic carbocycles. The summed E-state index contributed by atoms with van der Waals surface area (Å²) in [6, 6.07) is 8.42. The van der Waals surface area contributed by atoms with E-state index in [1.807, 2.05) is 39.0 Å². The monoisotopic (exact) mass is 413 g/mol. The van der Waals surface area contributed by atoms with Gasteiger partial charge in [-0.15, -0.1) is 0 Å². The molecule has 1 amide bonds. The van der Waals surface area contributed by atoms with Crippen molar-refractivity contribution in [2.45, 2.75) is 26.4 Å². The summed E-state index contributed by atoms with van der Waals surface area (Å²) in [5, 5.41) is 0. The van der Waals surface area contributed by atoms with E-state index in [4.69, 9.17) is 4.74 Å². The van der Waals surface area contributed by atoms with Crippen molar-refractivity contribution in [1.29, 1.82) is 0 Å². The molecule has 0 radical (unpaired) electrons. The minimum Gasteiger partial charge on any atom is -0.444 e. The Labute approximate surface area is 172 Å². The van der Waals surface area contributed by atoms with Gasteiger partial charge in [0.2, 0.25) is 0 Å². The molecule has 1 saturated heterocycles. The van der Waals surface area contributed by atoms with Crippen molar-refractivity contribution in [2.75, 3.05) is 31.1 Å². The molecule has 3 aromatic rings. The first-order valence-electron chi connectivity index (χ1n) is 9.81. The van der Waals surface area contributed by atoms with Crippen LogP contribution in [0.2, 0.25) is 0 Å². The summed E-state index contributed by atoms with van der Waals surface area (Å²) in [5.41, 5.74) is 1.40. The van der Waals surface area contributed by atoms with Gasteiger partial charge in [-0.25, -0.2) is 23.5 Å². The molecule has 1 aliphatic heterocycles. The Kier molecular flexibility index (Phi) is 4.97. The van der Waals surface area contributed by atoms with Gasteiger partial charge < -0.3 is 19.5 Å². The van der Waals surface area contributed by atoms with Crippen LogP contribution in [-0.2, 0) is 4.74 Å². The summed E-state index contributed by atoms with van der Waals surface area (Å²) in [7, 11) is 0. The number of pyridine rings is 1. The first kappa shape index (κ1) is 19.9. The van der Waals surface area contributed by atoms with Crippen molar-refractivity contribution in [3.05, 3.63) is 52.8 Å². The third-order valence-corrected chi connectivity index (χ3v) is 4.90. The molecule has 0 spiro atoms. The van der Waals surface area contributed by atoms with Crippen LogP contribution >= 0.6 is 0 Å². The maximum atomic E-state index is 13.2. The first-order chi connectivity index (χ1) is 14.2. The van der Waals surface area contributed by atoms with E-state index in [1.165, 1.54) is 16.7 Å². The highest BCUT2D eigenvalue weighted by atomic mass is 19.1. The third kappa shape index (κ3) is 4.00. The number of rotatable bonds is 2. The third-order valence-electron chi connectivity index (χ3n) is 4.90. The largest absolute Gasteiger partial charge is 0.444 e. The SMILES string of the molecule is CC(C)(C)OC(=O)N1CCN(c2ccc3[nH]c(=O)n(-c4ccc(F)cn4)c3c2)CC1. The van der Waals surface area contributed by atoms with Gasteiger partial charge >= 0.3 is 11.8 Å². The number of imidazole rings is 1. The molecule has 9 heteroatoms.